The molecule has 0 aliphatic heterocycles. The highest BCUT2D eigenvalue weighted by molar-refractivity contribution is 9.10. The van der Waals surface area contributed by atoms with E-state index in [0.717, 1.165) is 4.47 Å². The molecule has 1 amide bonds. The number of aromatic nitrogens is 2. The Hall–Kier alpha value is -1.37. The summed E-state index contributed by atoms with van der Waals surface area (Å²) in [5.74, 6) is 0.688. The summed E-state index contributed by atoms with van der Waals surface area (Å²) in [6, 6.07) is 0. The standard InChI is InChI=1S/C8H12BrN5O/c1-11-7-5(9)3-12-8(13-7)14(2)4-6(10)15/h3H,4H2,1-2H3,(H2,10,15)(H,11,12,13). The van der Waals surface area contributed by atoms with E-state index in [1.165, 1.54) is 0 Å². The fourth-order valence-electron chi connectivity index (χ4n) is 1.02. The van der Waals surface area contributed by atoms with Crippen molar-refractivity contribution in [3.05, 3.63) is 10.7 Å². The summed E-state index contributed by atoms with van der Waals surface area (Å²) in [6.07, 6.45) is 1.62. The van der Waals surface area contributed by atoms with Crippen LogP contribution in [0.1, 0.15) is 0 Å². The average molecular weight is 274 g/mol. The lowest BCUT2D eigenvalue weighted by atomic mass is 10.5. The van der Waals surface area contributed by atoms with Crippen LogP contribution >= 0.6 is 15.9 Å². The van der Waals surface area contributed by atoms with Gasteiger partial charge in [-0.2, -0.15) is 4.98 Å². The SMILES string of the molecule is CNc1nc(N(C)CC(N)=O)ncc1Br. The molecule has 0 saturated carbocycles. The number of anilines is 2. The Bertz CT molecular complexity index is 370. The molecule has 0 aliphatic rings. The quantitative estimate of drug-likeness (QED) is 0.819. The molecule has 0 saturated heterocycles. The highest BCUT2D eigenvalue weighted by atomic mass is 79.9. The van der Waals surface area contributed by atoms with Crippen LogP contribution in [-0.2, 0) is 4.79 Å². The first-order valence-corrected chi connectivity index (χ1v) is 5.03. The van der Waals surface area contributed by atoms with Crippen molar-refractivity contribution in [2.75, 3.05) is 30.9 Å². The van der Waals surface area contributed by atoms with Gasteiger partial charge in [0.2, 0.25) is 11.9 Å². The molecule has 1 heterocycles. The van der Waals surface area contributed by atoms with Crippen LogP contribution < -0.4 is 16.0 Å². The summed E-state index contributed by atoms with van der Waals surface area (Å²) >= 11 is 3.29. The number of hydrogen-bond donors (Lipinski definition) is 2. The van der Waals surface area contributed by atoms with Crippen molar-refractivity contribution < 1.29 is 4.79 Å². The molecule has 3 N–H and O–H groups in total. The van der Waals surface area contributed by atoms with Crippen molar-refractivity contribution in [1.82, 2.24) is 9.97 Å². The van der Waals surface area contributed by atoms with Crippen molar-refractivity contribution in [3.63, 3.8) is 0 Å². The number of nitrogens with two attached hydrogens (primary N) is 1. The fourth-order valence-corrected chi connectivity index (χ4v) is 1.41. The van der Waals surface area contributed by atoms with Gasteiger partial charge in [-0.05, 0) is 15.9 Å². The van der Waals surface area contributed by atoms with Gasteiger partial charge in [-0.3, -0.25) is 4.79 Å². The van der Waals surface area contributed by atoms with E-state index < -0.39 is 5.91 Å². The number of carbonyl (C=O) groups excluding carboxylic acids is 1. The van der Waals surface area contributed by atoms with Crippen LogP contribution in [0, 0.1) is 0 Å². The number of carbonyl (C=O) groups is 1. The van der Waals surface area contributed by atoms with Crippen molar-refractivity contribution in [2.45, 2.75) is 0 Å². The molecular formula is C8H12BrN5O. The summed E-state index contributed by atoms with van der Waals surface area (Å²) in [5.41, 5.74) is 5.07. The molecule has 82 valence electrons. The van der Waals surface area contributed by atoms with E-state index >= 15 is 0 Å². The van der Waals surface area contributed by atoms with Gasteiger partial charge in [0, 0.05) is 20.3 Å². The monoisotopic (exact) mass is 273 g/mol. The minimum Gasteiger partial charge on any atom is -0.372 e. The van der Waals surface area contributed by atoms with Crippen LogP contribution in [0.4, 0.5) is 11.8 Å². The lowest BCUT2D eigenvalue weighted by Gasteiger charge is -2.15. The van der Waals surface area contributed by atoms with Gasteiger partial charge in [-0.25, -0.2) is 4.98 Å². The Morgan fingerprint density at radius 1 is 1.73 bits per heavy atom. The topological polar surface area (TPSA) is 84.1 Å². The average Bonchev–Trinajstić information content (AvgIpc) is 2.17. The van der Waals surface area contributed by atoms with Gasteiger partial charge in [0.15, 0.2) is 0 Å². The molecule has 0 aromatic carbocycles. The number of halogens is 1. The number of primary amides is 1. The predicted octanol–water partition coefficient (Wildman–Crippen LogP) is 0.202. The van der Waals surface area contributed by atoms with Gasteiger partial charge in [0.1, 0.15) is 5.82 Å². The number of likely N-dealkylation sites (N-methyl/N-ethyl adjacent to an activating group) is 1. The first kappa shape index (κ1) is 11.7. The Labute approximate surface area is 96.0 Å². The molecule has 1 aromatic heterocycles. The molecule has 0 aliphatic carbocycles. The summed E-state index contributed by atoms with van der Waals surface area (Å²) in [4.78, 5) is 20.5. The van der Waals surface area contributed by atoms with Gasteiger partial charge in [-0.1, -0.05) is 0 Å². The van der Waals surface area contributed by atoms with Crippen LogP contribution in [0.15, 0.2) is 10.7 Å². The van der Waals surface area contributed by atoms with Gasteiger partial charge in [-0.15, -0.1) is 0 Å². The second kappa shape index (κ2) is 4.92. The highest BCUT2D eigenvalue weighted by Gasteiger charge is 2.09. The lowest BCUT2D eigenvalue weighted by Crippen LogP contribution is -2.31. The molecule has 1 rings (SSSR count). The molecule has 0 unspecified atom stereocenters. The number of rotatable bonds is 4. The predicted molar refractivity (Wildman–Crippen MR) is 61.7 cm³/mol. The number of nitrogens with zero attached hydrogens (tertiary/aromatic N) is 3. The maximum Gasteiger partial charge on any atom is 0.237 e. The zero-order valence-corrected chi connectivity index (χ0v) is 10.1. The second-order valence-corrected chi connectivity index (χ2v) is 3.79. The normalized spacial score (nSPS) is 9.80. The van der Waals surface area contributed by atoms with E-state index in [-0.39, 0.29) is 6.54 Å². The third-order valence-electron chi connectivity index (χ3n) is 1.70. The smallest absolute Gasteiger partial charge is 0.237 e. The van der Waals surface area contributed by atoms with Crippen LogP contribution in [0.5, 0.6) is 0 Å². The van der Waals surface area contributed by atoms with Crippen LogP contribution in [0.3, 0.4) is 0 Å². The molecule has 6 nitrogen and oxygen atoms in total. The molecule has 1 aromatic rings. The van der Waals surface area contributed by atoms with Gasteiger partial charge >= 0.3 is 0 Å². The number of amides is 1. The minimum atomic E-state index is -0.421. The van der Waals surface area contributed by atoms with E-state index in [2.05, 4.69) is 31.2 Å². The Morgan fingerprint density at radius 2 is 2.40 bits per heavy atom. The van der Waals surface area contributed by atoms with Gasteiger partial charge < -0.3 is 16.0 Å². The van der Waals surface area contributed by atoms with E-state index in [4.69, 9.17) is 5.73 Å². The van der Waals surface area contributed by atoms with Crippen molar-refractivity contribution in [1.29, 1.82) is 0 Å². The molecular weight excluding hydrogens is 262 g/mol. The zero-order valence-electron chi connectivity index (χ0n) is 8.49. The van der Waals surface area contributed by atoms with Crippen LogP contribution in [0.25, 0.3) is 0 Å². The molecule has 15 heavy (non-hydrogen) atoms. The van der Waals surface area contributed by atoms with Crippen LogP contribution in [0.2, 0.25) is 0 Å². The van der Waals surface area contributed by atoms with E-state index in [9.17, 15) is 4.79 Å². The zero-order chi connectivity index (χ0) is 11.4. The summed E-state index contributed by atoms with van der Waals surface area (Å²) < 4.78 is 0.765. The molecule has 0 spiro atoms. The number of nitrogens with one attached hydrogen (secondary N) is 1. The summed E-state index contributed by atoms with van der Waals surface area (Å²) in [7, 11) is 3.46. The first-order chi connectivity index (χ1) is 7.04. The van der Waals surface area contributed by atoms with Crippen molar-refractivity contribution in [2.24, 2.45) is 5.73 Å². The summed E-state index contributed by atoms with van der Waals surface area (Å²) in [5, 5.41) is 2.90. The Morgan fingerprint density at radius 3 is 2.93 bits per heavy atom. The first-order valence-electron chi connectivity index (χ1n) is 4.24. The molecule has 0 atom stereocenters. The van der Waals surface area contributed by atoms with E-state index in [0.29, 0.717) is 11.8 Å². The Kier molecular flexibility index (Phi) is 3.84. The van der Waals surface area contributed by atoms with Gasteiger partial charge in [0.25, 0.3) is 0 Å². The third-order valence-corrected chi connectivity index (χ3v) is 2.28. The third kappa shape index (κ3) is 3.05. The van der Waals surface area contributed by atoms with E-state index in [1.807, 2.05) is 0 Å². The van der Waals surface area contributed by atoms with Crippen molar-refractivity contribution >= 4 is 33.6 Å². The number of hydrogen-bond acceptors (Lipinski definition) is 5. The Balaban J connectivity index is 2.90. The largest absolute Gasteiger partial charge is 0.372 e. The second-order valence-electron chi connectivity index (χ2n) is 2.94. The summed E-state index contributed by atoms with van der Waals surface area (Å²) in [6.45, 7) is 0.0881. The fraction of sp³-hybridized carbons (Fsp3) is 0.375. The van der Waals surface area contributed by atoms with Gasteiger partial charge in [0.05, 0.1) is 11.0 Å². The van der Waals surface area contributed by atoms with Crippen molar-refractivity contribution in [3.8, 4) is 0 Å². The molecule has 7 heteroatoms. The van der Waals surface area contributed by atoms with E-state index in [1.54, 1.807) is 25.2 Å². The minimum absolute atomic E-state index is 0.0881. The molecule has 0 radical (unpaired) electrons. The molecule has 0 bridgehead atoms. The maximum atomic E-state index is 10.7. The molecule has 0 fully saturated rings. The maximum absolute atomic E-state index is 10.7. The highest BCUT2D eigenvalue weighted by Crippen LogP contribution is 2.20. The van der Waals surface area contributed by atoms with Crippen LogP contribution in [-0.4, -0.2) is 36.5 Å². The lowest BCUT2D eigenvalue weighted by molar-refractivity contribution is -0.116.